The molecule has 3 aliphatic heterocycles. The highest BCUT2D eigenvalue weighted by molar-refractivity contribution is 5.77. The van der Waals surface area contributed by atoms with Crippen molar-refractivity contribution in [3.8, 4) is 0 Å². The highest BCUT2D eigenvalue weighted by Gasteiger charge is 2.53. The Hall–Kier alpha value is -2.77. The average Bonchev–Trinajstić information content (AvgIpc) is 3.31. The van der Waals surface area contributed by atoms with E-state index in [-0.39, 0.29) is 6.42 Å². The average molecular weight is 944 g/mol. The number of aliphatic hydroxyl groups is 11. The zero-order valence-electron chi connectivity index (χ0n) is 38.1. The fourth-order valence-electron chi connectivity index (χ4n) is 7.37. The second-order valence-corrected chi connectivity index (χ2v) is 16.5. The van der Waals surface area contributed by atoms with Crippen LogP contribution in [0.15, 0.2) is 72.9 Å². The molecule has 378 valence electrons. The normalized spacial score (nSPS) is 34.5. The first-order chi connectivity index (χ1) is 31.8. The first-order valence-electron chi connectivity index (χ1n) is 23.2. The molecule has 1 amide bonds. The molecule has 3 saturated heterocycles. The molecule has 0 radical (unpaired) electrons. The Kier molecular flexibility index (Phi) is 28.0. The molecule has 19 nitrogen and oxygen atoms in total. The van der Waals surface area contributed by atoms with Gasteiger partial charge in [0.05, 0.1) is 38.6 Å². The van der Waals surface area contributed by atoms with Crippen molar-refractivity contribution >= 4 is 5.91 Å². The number of hydrogen-bond donors (Lipinski definition) is 12. The second-order valence-electron chi connectivity index (χ2n) is 16.5. The van der Waals surface area contributed by atoms with E-state index in [1.54, 1.807) is 12.2 Å². The van der Waals surface area contributed by atoms with Crippen LogP contribution in [0.2, 0.25) is 0 Å². The monoisotopic (exact) mass is 944 g/mol. The molecule has 3 fully saturated rings. The molecule has 66 heavy (non-hydrogen) atoms. The number of carbonyl (C=O) groups is 1. The van der Waals surface area contributed by atoms with Crippen LogP contribution in [-0.2, 0) is 33.2 Å². The molecule has 0 aliphatic carbocycles. The van der Waals surface area contributed by atoms with E-state index in [4.69, 9.17) is 28.4 Å². The Labute approximate surface area is 388 Å². The molecular formula is C47H77NO18. The third-order valence-corrected chi connectivity index (χ3v) is 11.3. The van der Waals surface area contributed by atoms with Crippen LogP contribution in [0.5, 0.6) is 0 Å². The number of aliphatic hydroxyl groups excluding tert-OH is 11. The molecule has 0 aromatic rings. The Balaban J connectivity index is 1.59. The maximum absolute atomic E-state index is 13.0. The van der Waals surface area contributed by atoms with E-state index in [2.05, 4.69) is 55.6 Å². The van der Waals surface area contributed by atoms with Crippen LogP contribution in [0, 0.1) is 0 Å². The van der Waals surface area contributed by atoms with E-state index in [0.717, 1.165) is 51.4 Å². The van der Waals surface area contributed by atoms with Gasteiger partial charge in [-0.3, -0.25) is 4.79 Å². The summed E-state index contributed by atoms with van der Waals surface area (Å²) in [7, 11) is 0. The molecule has 0 spiro atoms. The van der Waals surface area contributed by atoms with Crippen LogP contribution in [-0.4, -0.2) is 193 Å². The number of unbranched alkanes of at least 4 members (excludes halogenated alkanes) is 4. The second kappa shape index (κ2) is 32.1. The Bertz CT molecular complexity index is 1500. The lowest BCUT2D eigenvalue weighted by Gasteiger charge is -2.48. The fraction of sp³-hybridized carbons (Fsp3) is 0.723. The van der Waals surface area contributed by atoms with Crippen LogP contribution in [0.3, 0.4) is 0 Å². The summed E-state index contributed by atoms with van der Waals surface area (Å²) in [5, 5.41) is 119. The lowest BCUT2D eigenvalue weighted by atomic mass is 9.96. The van der Waals surface area contributed by atoms with E-state index in [0.29, 0.717) is 12.8 Å². The van der Waals surface area contributed by atoms with Gasteiger partial charge in [-0.1, -0.05) is 106 Å². The molecule has 12 N–H and O–H groups in total. The first-order valence-corrected chi connectivity index (χ1v) is 23.2. The molecular weight excluding hydrogens is 867 g/mol. The highest BCUT2D eigenvalue weighted by Crippen LogP contribution is 2.33. The quantitative estimate of drug-likeness (QED) is 0.0346. The molecule has 0 saturated carbocycles. The zero-order valence-corrected chi connectivity index (χ0v) is 38.1. The number of amides is 1. The van der Waals surface area contributed by atoms with Gasteiger partial charge in [0.1, 0.15) is 73.2 Å². The molecule has 0 bridgehead atoms. The summed E-state index contributed by atoms with van der Waals surface area (Å²) >= 11 is 0. The van der Waals surface area contributed by atoms with Crippen LogP contribution < -0.4 is 5.32 Å². The number of carbonyl (C=O) groups excluding carboxylic acids is 1. The number of nitrogens with one attached hydrogen (secondary N) is 1. The molecule has 17 atom stereocenters. The SMILES string of the molecule is CC/C=C\C/C=C\C/C=C\C/C=C\C/C=C\CC(=O)NC(COC1OC(CO)C(OC2OC(CO)C(OC3OC(CO)C(O)C(O)C3O)C(O)C2O)C(O)C1O)C(O)/C=C/CCCCCC. The summed E-state index contributed by atoms with van der Waals surface area (Å²) in [5.74, 6) is -0.414. The van der Waals surface area contributed by atoms with Gasteiger partial charge in [0, 0.05) is 6.42 Å². The molecule has 3 rings (SSSR count). The van der Waals surface area contributed by atoms with Crippen molar-refractivity contribution in [3.63, 3.8) is 0 Å². The van der Waals surface area contributed by atoms with Gasteiger partial charge in [0.15, 0.2) is 18.9 Å². The van der Waals surface area contributed by atoms with Crippen molar-refractivity contribution in [1.82, 2.24) is 5.32 Å². The van der Waals surface area contributed by atoms with E-state index in [1.807, 2.05) is 24.3 Å². The number of hydrogen-bond acceptors (Lipinski definition) is 18. The largest absolute Gasteiger partial charge is 0.394 e. The van der Waals surface area contributed by atoms with Crippen molar-refractivity contribution in [1.29, 1.82) is 0 Å². The summed E-state index contributed by atoms with van der Waals surface area (Å²) in [6.07, 6.45) is 5.72. The number of allylic oxidation sites excluding steroid dienone is 10. The van der Waals surface area contributed by atoms with Gasteiger partial charge in [0.2, 0.25) is 5.91 Å². The van der Waals surface area contributed by atoms with Gasteiger partial charge >= 0.3 is 0 Å². The molecule has 0 aromatic heterocycles. The minimum Gasteiger partial charge on any atom is -0.394 e. The van der Waals surface area contributed by atoms with Gasteiger partial charge in [0.25, 0.3) is 0 Å². The highest BCUT2D eigenvalue weighted by atomic mass is 16.8. The number of rotatable bonds is 29. The first kappa shape index (κ1) is 57.5. The summed E-state index contributed by atoms with van der Waals surface area (Å²) in [5.41, 5.74) is 0. The minimum absolute atomic E-state index is 0.00585. The third-order valence-electron chi connectivity index (χ3n) is 11.3. The Morgan fingerprint density at radius 2 is 1.03 bits per heavy atom. The topological polar surface area (TPSA) is 307 Å². The maximum Gasteiger partial charge on any atom is 0.224 e. The minimum atomic E-state index is -1.99. The van der Waals surface area contributed by atoms with Crippen LogP contribution in [0.4, 0.5) is 0 Å². The smallest absolute Gasteiger partial charge is 0.224 e. The van der Waals surface area contributed by atoms with Crippen molar-refractivity contribution in [2.24, 2.45) is 0 Å². The summed E-state index contributed by atoms with van der Waals surface area (Å²) in [4.78, 5) is 13.0. The Morgan fingerprint density at radius 3 is 1.55 bits per heavy atom. The molecule has 19 heteroatoms. The standard InChI is InChI=1S/C47H77NO18/c1-3-5-7-9-11-12-13-14-15-16-17-18-19-21-23-25-35(53)48-30(31(52)24-22-20-10-8-6-4-2)29-61-45-41(59)38(56)43(33(27-50)63-45)66-47-42(60)39(57)44(34(28-51)64-47)65-46-40(58)37(55)36(54)32(26-49)62-46/h5,7,11-12,14-15,17-18,21-24,30-34,36-47,49-52,54-60H,3-4,6,8-10,13,16,19-20,25-29H2,1-2H3,(H,48,53)/b7-5-,12-11-,15-14-,18-17-,23-21-,24-22+. The summed E-state index contributed by atoms with van der Waals surface area (Å²) in [6, 6.07) is -1.03. The van der Waals surface area contributed by atoms with E-state index in [9.17, 15) is 61.0 Å². The van der Waals surface area contributed by atoms with E-state index in [1.165, 1.54) is 0 Å². The van der Waals surface area contributed by atoms with Crippen molar-refractivity contribution < 1.29 is 89.4 Å². The molecule has 0 aromatic carbocycles. The van der Waals surface area contributed by atoms with Gasteiger partial charge in [-0.05, 0) is 44.9 Å². The lowest BCUT2D eigenvalue weighted by molar-refractivity contribution is -0.379. The molecule has 3 heterocycles. The van der Waals surface area contributed by atoms with Gasteiger partial charge in [-0.25, -0.2) is 0 Å². The van der Waals surface area contributed by atoms with Gasteiger partial charge in [-0.15, -0.1) is 0 Å². The fourth-order valence-corrected chi connectivity index (χ4v) is 7.37. The van der Waals surface area contributed by atoms with Gasteiger partial charge in [-0.2, -0.15) is 0 Å². The number of ether oxygens (including phenoxy) is 6. The Morgan fingerprint density at radius 1 is 0.561 bits per heavy atom. The molecule has 17 unspecified atom stereocenters. The summed E-state index contributed by atoms with van der Waals surface area (Å²) < 4.78 is 33.9. The maximum atomic E-state index is 13.0. The van der Waals surface area contributed by atoms with Gasteiger partial charge < -0.3 is 89.9 Å². The van der Waals surface area contributed by atoms with E-state index < -0.39 is 137 Å². The van der Waals surface area contributed by atoms with Crippen LogP contribution in [0.1, 0.15) is 84.5 Å². The lowest BCUT2D eigenvalue weighted by Crippen LogP contribution is -2.66. The predicted octanol–water partition coefficient (Wildman–Crippen LogP) is -0.0349. The predicted molar refractivity (Wildman–Crippen MR) is 240 cm³/mol. The van der Waals surface area contributed by atoms with Crippen molar-refractivity contribution in [2.75, 3.05) is 26.4 Å². The molecule has 3 aliphatic rings. The van der Waals surface area contributed by atoms with E-state index >= 15 is 0 Å². The third kappa shape index (κ3) is 18.6. The zero-order chi connectivity index (χ0) is 48.4. The van der Waals surface area contributed by atoms with Crippen molar-refractivity contribution in [2.45, 2.75) is 189 Å². The summed E-state index contributed by atoms with van der Waals surface area (Å²) in [6.45, 7) is 1.36. The van der Waals surface area contributed by atoms with Crippen LogP contribution >= 0.6 is 0 Å². The van der Waals surface area contributed by atoms with Crippen molar-refractivity contribution in [3.05, 3.63) is 72.9 Å². The van der Waals surface area contributed by atoms with Crippen LogP contribution in [0.25, 0.3) is 0 Å².